The molecule has 0 N–H and O–H groups in total. The van der Waals surface area contributed by atoms with Crippen molar-refractivity contribution in [2.45, 2.75) is 18.9 Å². The van der Waals surface area contributed by atoms with Gasteiger partial charge in [0.1, 0.15) is 6.10 Å². The van der Waals surface area contributed by atoms with Gasteiger partial charge in [0.2, 0.25) is 0 Å². The van der Waals surface area contributed by atoms with Crippen molar-refractivity contribution in [3.63, 3.8) is 0 Å². The van der Waals surface area contributed by atoms with Gasteiger partial charge in [-0.15, -0.1) is 17.8 Å². The second-order valence-electron chi connectivity index (χ2n) is 3.63. The Kier molecular flexibility index (Phi) is 4.74. The third-order valence-corrected chi connectivity index (χ3v) is 5.63. The van der Waals surface area contributed by atoms with E-state index in [2.05, 4.69) is 65.7 Å². The maximum Gasteiger partial charge on any atom is 0.132 e. The van der Waals surface area contributed by atoms with Crippen molar-refractivity contribution >= 4 is 56.9 Å². The third-order valence-electron chi connectivity index (χ3n) is 2.55. The summed E-state index contributed by atoms with van der Waals surface area (Å²) in [7, 11) is 0. The van der Waals surface area contributed by atoms with Crippen LogP contribution < -0.4 is 0 Å². The monoisotopic (exact) mass is 374 g/mol. The molecule has 0 aliphatic heterocycles. The van der Waals surface area contributed by atoms with Crippen LogP contribution in [0.1, 0.15) is 11.3 Å². The summed E-state index contributed by atoms with van der Waals surface area (Å²) in [6.45, 7) is 0. The molecule has 0 saturated carbocycles. The fourth-order valence-electron chi connectivity index (χ4n) is 1.65. The number of aryl methyl sites for hydroxylation is 1. The molecule has 1 unspecified atom stereocenters. The van der Waals surface area contributed by atoms with E-state index >= 15 is 0 Å². The summed E-state index contributed by atoms with van der Waals surface area (Å²) in [5.74, 6) is 2.58. The van der Waals surface area contributed by atoms with Crippen LogP contribution in [-0.4, -0.2) is 6.10 Å². The van der Waals surface area contributed by atoms with Gasteiger partial charge >= 0.3 is 0 Å². The van der Waals surface area contributed by atoms with E-state index in [1.807, 2.05) is 11.3 Å². The number of terminal acetylenes is 1. The zero-order chi connectivity index (χ0) is 12.3. The van der Waals surface area contributed by atoms with Crippen LogP contribution in [0, 0.1) is 15.9 Å². The first-order valence-corrected chi connectivity index (χ1v) is 7.44. The molecule has 0 amide bonds. The smallest absolute Gasteiger partial charge is 0.132 e. The zero-order valence-corrected chi connectivity index (χ0v) is 12.9. The average molecular weight is 374 g/mol. The summed E-state index contributed by atoms with van der Waals surface area (Å²) in [6, 6.07) is 8.45. The number of thiophene rings is 1. The fraction of sp³-hybridized carbons (Fsp3) is 0.231. The zero-order valence-electron chi connectivity index (χ0n) is 9.02. The lowest BCUT2D eigenvalue weighted by molar-refractivity contribution is 0.300. The van der Waals surface area contributed by atoms with E-state index in [1.54, 1.807) is 0 Å². The predicted molar refractivity (Wildman–Crippen MR) is 85.6 cm³/mol. The van der Waals surface area contributed by atoms with Crippen LogP contribution in [0.2, 0.25) is 0 Å². The molecule has 4 heteroatoms. The second kappa shape index (κ2) is 6.10. The van der Waals surface area contributed by atoms with E-state index in [-0.39, 0.29) is 6.10 Å². The largest absolute Gasteiger partial charge is 0.302 e. The van der Waals surface area contributed by atoms with Crippen LogP contribution in [-0.2, 0) is 10.6 Å². The first-order valence-electron chi connectivity index (χ1n) is 5.18. The molecule has 1 atom stereocenters. The van der Waals surface area contributed by atoms with E-state index in [0.717, 1.165) is 12.8 Å². The highest BCUT2D eigenvalue weighted by molar-refractivity contribution is 14.1. The Morgan fingerprint density at radius 3 is 2.88 bits per heavy atom. The van der Waals surface area contributed by atoms with Gasteiger partial charge in [-0.25, -0.2) is 0 Å². The minimum Gasteiger partial charge on any atom is -0.302 e. The minimum atomic E-state index is -0.209. The van der Waals surface area contributed by atoms with Gasteiger partial charge in [0.15, 0.2) is 0 Å². The molecule has 88 valence electrons. The van der Waals surface area contributed by atoms with Crippen molar-refractivity contribution in [3.8, 4) is 12.3 Å². The number of halogens is 1. The van der Waals surface area contributed by atoms with Crippen molar-refractivity contribution in [3.05, 3.63) is 32.7 Å². The van der Waals surface area contributed by atoms with Gasteiger partial charge in [0.25, 0.3) is 0 Å². The van der Waals surface area contributed by atoms with Gasteiger partial charge in [-0.2, -0.15) is 0 Å². The lowest BCUT2D eigenvalue weighted by Gasteiger charge is -2.05. The Morgan fingerprint density at radius 2 is 2.24 bits per heavy atom. The van der Waals surface area contributed by atoms with Gasteiger partial charge in [0.05, 0.1) is 0 Å². The standard InChI is InChI=1S/C13H11IOS2/c1-2-9(15-16)7-8-12-13(14)10-5-3-4-6-11(10)17-12/h1,3-6,9,16H,7-8H2. The van der Waals surface area contributed by atoms with E-state index in [1.165, 1.54) is 18.5 Å². The molecule has 0 aliphatic carbocycles. The third kappa shape index (κ3) is 2.97. The highest BCUT2D eigenvalue weighted by Gasteiger charge is 2.11. The summed E-state index contributed by atoms with van der Waals surface area (Å²) in [5, 5.41) is 1.33. The molecule has 1 aromatic heterocycles. The van der Waals surface area contributed by atoms with Crippen molar-refractivity contribution in [2.24, 2.45) is 0 Å². The SMILES string of the molecule is C#CC(CCc1sc2ccccc2c1I)OS. The number of rotatable bonds is 4. The lowest BCUT2D eigenvalue weighted by atomic mass is 10.1. The minimum absolute atomic E-state index is 0.209. The number of thiol groups is 1. The molecule has 0 bridgehead atoms. The van der Waals surface area contributed by atoms with E-state index in [9.17, 15) is 0 Å². The molecular formula is C13H11IOS2. The van der Waals surface area contributed by atoms with Crippen molar-refractivity contribution in [2.75, 3.05) is 0 Å². The van der Waals surface area contributed by atoms with Gasteiger partial charge in [-0.05, 0) is 54.4 Å². The van der Waals surface area contributed by atoms with Gasteiger partial charge in [-0.1, -0.05) is 24.1 Å². The molecule has 0 saturated heterocycles. The van der Waals surface area contributed by atoms with Gasteiger partial charge in [0, 0.05) is 18.5 Å². The Morgan fingerprint density at radius 1 is 1.47 bits per heavy atom. The summed E-state index contributed by atoms with van der Waals surface area (Å²) in [6.07, 6.45) is 6.88. The van der Waals surface area contributed by atoms with Crippen molar-refractivity contribution < 1.29 is 4.18 Å². The molecule has 17 heavy (non-hydrogen) atoms. The molecule has 1 aromatic carbocycles. The normalized spacial score (nSPS) is 12.5. The quantitative estimate of drug-likeness (QED) is 0.363. The fourth-order valence-corrected chi connectivity index (χ4v) is 4.19. The highest BCUT2D eigenvalue weighted by Crippen LogP contribution is 2.33. The van der Waals surface area contributed by atoms with Crippen LogP contribution in [0.4, 0.5) is 0 Å². The maximum absolute atomic E-state index is 5.34. The van der Waals surface area contributed by atoms with Crippen molar-refractivity contribution in [1.29, 1.82) is 0 Å². The van der Waals surface area contributed by atoms with Crippen LogP contribution in [0.5, 0.6) is 0 Å². The number of hydrogen-bond acceptors (Lipinski definition) is 3. The van der Waals surface area contributed by atoms with E-state index < -0.39 is 0 Å². The molecule has 0 fully saturated rings. The van der Waals surface area contributed by atoms with Gasteiger partial charge < -0.3 is 4.18 Å². The Labute approximate surface area is 124 Å². The van der Waals surface area contributed by atoms with Crippen molar-refractivity contribution in [1.82, 2.24) is 0 Å². The molecule has 2 rings (SSSR count). The average Bonchev–Trinajstić information content (AvgIpc) is 2.68. The summed E-state index contributed by atoms with van der Waals surface area (Å²) >= 11 is 8.01. The predicted octanol–water partition coefficient (Wildman–Crippen LogP) is 4.30. The van der Waals surface area contributed by atoms with Crippen LogP contribution >= 0.6 is 46.8 Å². The molecule has 0 aliphatic rings. The first-order chi connectivity index (χ1) is 8.26. The summed E-state index contributed by atoms with van der Waals surface area (Å²) in [4.78, 5) is 1.37. The molecule has 1 nitrogen and oxygen atoms in total. The molecule has 0 radical (unpaired) electrons. The first kappa shape index (κ1) is 13.2. The second-order valence-corrected chi connectivity index (χ2v) is 6.06. The highest BCUT2D eigenvalue weighted by atomic mass is 127. The van der Waals surface area contributed by atoms with Crippen LogP contribution in [0.15, 0.2) is 24.3 Å². The number of benzene rings is 1. The van der Waals surface area contributed by atoms with Crippen LogP contribution in [0.25, 0.3) is 10.1 Å². The molecule has 0 spiro atoms. The number of hydrogen-bond donors (Lipinski definition) is 1. The Hall–Kier alpha value is -0.220. The summed E-state index contributed by atoms with van der Waals surface area (Å²) < 4.78 is 7.56. The topological polar surface area (TPSA) is 9.23 Å². The van der Waals surface area contributed by atoms with Gasteiger partial charge in [-0.3, -0.25) is 0 Å². The molecule has 2 aromatic rings. The lowest BCUT2D eigenvalue weighted by Crippen LogP contribution is -2.05. The maximum atomic E-state index is 5.34. The molecular weight excluding hydrogens is 363 g/mol. The van der Waals surface area contributed by atoms with E-state index in [0.29, 0.717) is 0 Å². The van der Waals surface area contributed by atoms with E-state index in [4.69, 9.17) is 10.6 Å². The summed E-state index contributed by atoms with van der Waals surface area (Å²) in [5.41, 5.74) is 0. The number of fused-ring (bicyclic) bond motifs is 1. The van der Waals surface area contributed by atoms with Crippen LogP contribution in [0.3, 0.4) is 0 Å². The molecule has 1 heterocycles. The Bertz CT molecular complexity index is 556. The Balaban J connectivity index is 2.19.